The predicted molar refractivity (Wildman–Crippen MR) is 91.1 cm³/mol. The minimum absolute atomic E-state index is 0.0606. The van der Waals surface area contributed by atoms with Gasteiger partial charge in [0.2, 0.25) is 11.8 Å². The van der Waals surface area contributed by atoms with Crippen molar-refractivity contribution in [3.05, 3.63) is 30.1 Å². The SMILES string of the molecule is CSCCC(NC(=O)C1CCC(=O)N1)c1nc2ccccc2[nH]1. The zero-order valence-electron chi connectivity index (χ0n) is 13.0. The van der Waals surface area contributed by atoms with E-state index >= 15 is 0 Å². The third-order valence-electron chi connectivity index (χ3n) is 3.98. The second kappa shape index (κ2) is 7.04. The van der Waals surface area contributed by atoms with E-state index in [0.717, 1.165) is 29.0 Å². The summed E-state index contributed by atoms with van der Waals surface area (Å²) in [7, 11) is 0. The first-order chi connectivity index (χ1) is 11.2. The molecule has 122 valence electrons. The summed E-state index contributed by atoms with van der Waals surface area (Å²) in [5.74, 6) is 1.48. The fourth-order valence-corrected chi connectivity index (χ4v) is 3.20. The summed E-state index contributed by atoms with van der Waals surface area (Å²) < 4.78 is 0. The Morgan fingerprint density at radius 2 is 2.30 bits per heavy atom. The van der Waals surface area contributed by atoms with Crippen LogP contribution >= 0.6 is 11.8 Å². The minimum Gasteiger partial charge on any atom is -0.344 e. The Hall–Kier alpha value is -2.02. The van der Waals surface area contributed by atoms with Gasteiger partial charge in [0.05, 0.1) is 17.1 Å². The molecule has 0 radical (unpaired) electrons. The third kappa shape index (κ3) is 3.67. The van der Waals surface area contributed by atoms with Gasteiger partial charge in [-0.15, -0.1) is 0 Å². The van der Waals surface area contributed by atoms with Gasteiger partial charge in [-0.1, -0.05) is 12.1 Å². The number of rotatable bonds is 6. The maximum absolute atomic E-state index is 12.4. The van der Waals surface area contributed by atoms with Crippen LogP contribution in [0.5, 0.6) is 0 Å². The van der Waals surface area contributed by atoms with E-state index in [2.05, 4.69) is 20.6 Å². The first kappa shape index (κ1) is 15.9. The molecule has 2 atom stereocenters. The highest BCUT2D eigenvalue weighted by Gasteiger charge is 2.29. The number of nitrogens with one attached hydrogen (secondary N) is 3. The van der Waals surface area contributed by atoms with E-state index in [4.69, 9.17) is 0 Å². The van der Waals surface area contributed by atoms with Crippen molar-refractivity contribution in [3.63, 3.8) is 0 Å². The Labute approximate surface area is 138 Å². The third-order valence-corrected chi connectivity index (χ3v) is 4.62. The number of benzene rings is 1. The lowest BCUT2D eigenvalue weighted by atomic mass is 10.1. The zero-order valence-corrected chi connectivity index (χ0v) is 13.8. The number of amides is 2. The normalized spacial score (nSPS) is 18.8. The van der Waals surface area contributed by atoms with E-state index in [1.807, 2.05) is 30.5 Å². The average molecular weight is 332 g/mol. The quantitative estimate of drug-likeness (QED) is 0.752. The number of hydrogen-bond acceptors (Lipinski definition) is 4. The molecule has 2 heterocycles. The van der Waals surface area contributed by atoms with E-state index in [-0.39, 0.29) is 17.9 Å². The van der Waals surface area contributed by atoms with Gasteiger partial charge in [-0.2, -0.15) is 11.8 Å². The lowest BCUT2D eigenvalue weighted by Crippen LogP contribution is -2.43. The van der Waals surface area contributed by atoms with Crippen LogP contribution < -0.4 is 10.6 Å². The molecular formula is C16H20N4O2S. The summed E-state index contributed by atoms with van der Waals surface area (Å²) in [5, 5.41) is 5.74. The number of H-pyrrole nitrogens is 1. The lowest BCUT2D eigenvalue weighted by Gasteiger charge is -2.19. The summed E-state index contributed by atoms with van der Waals surface area (Å²) in [6.07, 6.45) is 3.79. The van der Waals surface area contributed by atoms with Crippen LogP contribution in [-0.4, -0.2) is 39.8 Å². The van der Waals surface area contributed by atoms with Crippen molar-refractivity contribution in [1.29, 1.82) is 0 Å². The molecule has 0 saturated carbocycles. The Bertz CT molecular complexity index is 682. The van der Waals surface area contributed by atoms with Crippen LogP contribution in [0, 0.1) is 0 Å². The van der Waals surface area contributed by atoms with Crippen LogP contribution in [0.15, 0.2) is 24.3 Å². The molecule has 1 aromatic heterocycles. The van der Waals surface area contributed by atoms with Crippen molar-refractivity contribution < 1.29 is 9.59 Å². The van der Waals surface area contributed by atoms with E-state index in [1.54, 1.807) is 11.8 Å². The number of aromatic amines is 1. The van der Waals surface area contributed by atoms with Crippen LogP contribution in [0.25, 0.3) is 11.0 Å². The Kier molecular flexibility index (Phi) is 4.85. The molecule has 1 saturated heterocycles. The van der Waals surface area contributed by atoms with Crippen molar-refractivity contribution in [1.82, 2.24) is 20.6 Å². The number of carbonyl (C=O) groups is 2. The molecule has 2 amide bonds. The largest absolute Gasteiger partial charge is 0.344 e. The van der Waals surface area contributed by atoms with Crippen molar-refractivity contribution in [2.24, 2.45) is 0 Å². The minimum atomic E-state index is -0.427. The molecule has 6 nitrogen and oxygen atoms in total. The number of para-hydroxylation sites is 2. The van der Waals surface area contributed by atoms with Gasteiger partial charge in [0.25, 0.3) is 0 Å². The van der Waals surface area contributed by atoms with Gasteiger partial charge >= 0.3 is 0 Å². The number of hydrogen-bond donors (Lipinski definition) is 3. The van der Waals surface area contributed by atoms with Crippen LogP contribution in [0.2, 0.25) is 0 Å². The van der Waals surface area contributed by atoms with Crippen molar-refractivity contribution in [3.8, 4) is 0 Å². The molecule has 3 rings (SSSR count). The molecule has 0 aliphatic carbocycles. The molecule has 1 aliphatic heterocycles. The van der Waals surface area contributed by atoms with Gasteiger partial charge in [0.15, 0.2) is 0 Å². The zero-order chi connectivity index (χ0) is 16.2. The molecule has 23 heavy (non-hydrogen) atoms. The molecule has 2 unspecified atom stereocenters. The van der Waals surface area contributed by atoms with E-state index in [1.165, 1.54) is 0 Å². The number of nitrogens with zero attached hydrogens (tertiary/aromatic N) is 1. The van der Waals surface area contributed by atoms with Crippen molar-refractivity contribution >= 4 is 34.6 Å². The standard InChI is InChI=1S/C16H20N4O2S/c1-23-9-8-12(20-16(22)13-6-7-14(21)17-13)15-18-10-4-2-3-5-11(10)19-15/h2-5,12-13H,6-9H2,1H3,(H,17,21)(H,18,19)(H,20,22). The molecular weight excluding hydrogens is 312 g/mol. The molecule has 7 heteroatoms. The highest BCUT2D eigenvalue weighted by molar-refractivity contribution is 7.98. The summed E-state index contributed by atoms with van der Waals surface area (Å²) >= 11 is 1.73. The highest BCUT2D eigenvalue weighted by atomic mass is 32.2. The maximum atomic E-state index is 12.4. The van der Waals surface area contributed by atoms with E-state index in [0.29, 0.717) is 12.8 Å². The number of carbonyl (C=O) groups excluding carboxylic acids is 2. The predicted octanol–water partition coefficient (Wildman–Crippen LogP) is 1.75. The fourth-order valence-electron chi connectivity index (χ4n) is 2.73. The monoisotopic (exact) mass is 332 g/mol. The summed E-state index contributed by atoms with van der Waals surface area (Å²) in [5.41, 5.74) is 1.85. The van der Waals surface area contributed by atoms with Crippen LogP contribution in [-0.2, 0) is 9.59 Å². The summed E-state index contributed by atoms with van der Waals surface area (Å²) in [6, 6.07) is 7.20. The Morgan fingerprint density at radius 3 is 3.00 bits per heavy atom. The maximum Gasteiger partial charge on any atom is 0.243 e. The molecule has 0 bridgehead atoms. The fraction of sp³-hybridized carbons (Fsp3) is 0.438. The first-order valence-corrected chi connectivity index (χ1v) is 9.10. The van der Waals surface area contributed by atoms with Gasteiger partial charge < -0.3 is 15.6 Å². The molecule has 3 N–H and O–H groups in total. The molecule has 2 aromatic rings. The van der Waals surface area contributed by atoms with Crippen molar-refractivity contribution in [2.75, 3.05) is 12.0 Å². The number of thioether (sulfide) groups is 1. The summed E-state index contributed by atoms with van der Waals surface area (Å²) in [4.78, 5) is 31.5. The van der Waals surface area contributed by atoms with Crippen LogP contribution in [0.1, 0.15) is 31.1 Å². The van der Waals surface area contributed by atoms with Gasteiger partial charge in [0, 0.05) is 6.42 Å². The van der Waals surface area contributed by atoms with E-state index < -0.39 is 6.04 Å². The van der Waals surface area contributed by atoms with Crippen LogP contribution in [0.4, 0.5) is 0 Å². The highest BCUT2D eigenvalue weighted by Crippen LogP contribution is 2.20. The Balaban J connectivity index is 1.76. The second-order valence-corrected chi connectivity index (χ2v) is 6.63. The van der Waals surface area contributed by atoms with Crippen molar-refractivity contribution in [2.45, 2.75) is 31.3 Å². The first-order valence-electron chi connectivity index (χ1n) is 7.70. The Morgan fingerprint density at radius 1 is 1.48 bits per heavy atom. The molecule has 0 spiro atoms. The number of aromatic nitrogens is 2. The number of fused-ring (bicyclic) bond motifs is 1. The summed E-state index contributed by atoms with van der Waals surface area (Å²) in [6.45, 7) is 0. The van der Waals surface area contributed by atoms with Gasteiger partial charge in [0.1, 0.15) is 11.9 Å². The topological polar surface area (TPSA) is 86.9 Å². The molecule has 1 aliphatic rings. The average Bonchev–Trinajstić information content (AvgIpc) is 3.17. The van der Waals surface area contributed by atoms with Gasteiger partial charge in [-0.25, -0.2) is 4.98 Å². The van der Waals surface area contributed by atoms with E-state index in [9.17, 15) is 9.59 Å². The van der Waals surface area contributed by atoms with Crippen LogP contribution in [0.3, 0.4) is 0 Å². The number of imidazole rings is 1. The smallest absolute Gasteiger partial charge is 0.243 e. The molecule has 1 fully saturated rings. The van der Waals surface area contributed by atoms with Gasteiger partial charge in [-0.05, 0) is 37.0 Å². The molecule has 1 aromatic carbocycles. The van der Waals surface area contributed by atoms with Gasteiger partial charge in [-0.3, -0.25) is 9.59 Å². The lowest BCUT2D eigenvalue weighted by molar-refractivity contribution is -0.126. The second-order valence-electron chi connectivity index (χ2n) is 5.64.